The maximum absolute atomic E-state index is 12.3. The van der Waals surface area contributed by atoms with Gasteiger partial charge in [0.05, 0.1) is 19.0 Å². The molecule has 4 rings (SSSR count). The summed E-state index contributed by atoms with van der Waals surface area (Å²) in [5.41, 5.74) is 1.73. The Kier molecular flexibility index (Phi) is 5.29. The average Bonchev–Trinajstić information content (AvgIpc) is 3.17. The SMILES string of the molecule is CC(NC(=O)CNC(=O)Cc1cccc2ccccc12)c1cc2ccccc2o1. The second-order valence-electron chi connectivity index (χ2n) is 7.07. The Bertz CT molecular complexity index is 1140. The molecular formula is C24H22N2O3. The Morgan fingerprint density at radius 3 is 2.45 bits per heavy atom. The summed E-state index contributed by atoms with van der Waals surface area (Å²) in [7, 11) is 0. The van der Waals surface area contributed by atoms with Gasteiger partial charge in [0.2, 0.25) is 11.8 Å². The fraction of sp³-hybridized carbons (Fsp3) is 0.167. The second kappa shape index (κ2) is 8.19. The van der Waals surface area contributed by atoms with Crippen molar-refractivity contribution in [2.75, 3.05) is 6.54 Å². The Hall–Kier alpha value is -3.60. The van der Waals surface area contributed by atoms with Crippen LogP contribution in [0.3, 0.4) is 0 Å². The van der Waals surface area contributed by atoms with Crippen molar-refractivity contribution in [1.29, 1.82) is 0 Å². The van der Waals surface area contributed by atoms with Crippen LogP contribution in [-0.4, -0.2) is 18.4 Å². The second-order valence-corrected chi connectivity index (χ2v) is 7.07. The van der Waals surface area contributed by atoms with Crippen molar-refractivity contribution in [1.82, 2.24) is 10.6 Å². The van der Waals surface area contributed by atoms with Gasteiger partial charge in [-0.15, -0.1) is 0 Å². The number of amides is 2. The number of hydrogen-bond acceptors (Lipinski definition) is 3. The molecule has 0 aliphatic carbocycles. The van der Waals surface area contributed by atoms with Gasteiger partial charge in [-0.25, -0.2) is 0 Å². The van der Waals surface area contributed by atoms with Crippen LogP contribution in [0.1, 0.15) is 24.3 Å². The van der Waals surface area contributed by atoms with Crippen molar-refractivity contribution in [3.63, 3.8) is 0 Å². The monoisotopic (exact) mass is 386 g/mol. The van der Waals surface area contributed by atoms with Gasteiger partial charge < -0.3 is 15.1 Å². The predicted octanol–water partition coefficient (Wildman–Crippen LogP) is 4.12. The quantitative estimate of drug-likeness (QED) is 0.524. The number of rotatable bonds is 6. The summed E-state index contributed by atoms with van der Waals surface area (Å²) in [6.07, 6.45) is 0.230. The lowest BCUT2D eigenvalue weighted by Crippen LogP contribution is -2.38. The van der Waals surface area contributed by atoms with Crippen LogP contribution in [0.5, 0.6) is 0 Å². The first-order valence-electron chi connectivity index (χ1n) is 9.61. The molecular weight excluding hydrogens is 364 g/mol. The highest BCUT2D eigenvalue weighted by Gasteiger charge is 2.15. The molecule has 2 amide bonds. The van der Waals surface area contributed by atoms with Crippen molar-refractivity contribution in [3.8, 4) is 0 Å². The van der Waals surface area contributed by atoms with Crippen molar-refractivity contribution < 1.29 is 14.0 Å². The summed E-state index contributed by atoms with van der Waals surface area (Å²) in [5.74, 6) is 0.235. The summed E-state index contributed by atoms with van der Waals surface area (Å²) in [4.78, 5) is 24.6. The fourth-order valence-corrected chi connectivity index (χ4v) is 3.44. The van der Waals surface area contributed by atoms with E-state index in [4.69, 9.17) is 4.42 Å². The average molecular weight is 386 g/mol. The molecule has 0 bridgehead atoms. The van der Waals surface area contributed by atoms with Gasteiger partial charge in [0.1, 0.15) is 11.3 Å². The minimum Gasteiger partial charge on any atom is -0.459 e. The Morgan fingerprint density at radius 1 is 0.897 bits per heavy atom. The molecule has 4 aromatic rings. The molecule has 0 fully saturated rings. The first-order chi connectivity index (χ1) is 14.1. The molecule has 0 radical (unpaired) electrons. The molecule has 1 heterocycles. The summed E-state index contributed by atoms with van der Waals surface area (Å²) >= 11 is 0. The Balaban J connectivity index is 1.32. The summed E-state index contributed by atoms with van der Waals surface area (Å²) in [6, 6.07) is 23.2. The lowest BCUT2D eigenvalue weighted by molar-refractivity contribution is -0.126. The van der Waals surface area contributed by atoms with Gasteiger partial charge in [-0.05, 0) is 35.4 Å². The number of fused-ring (bicyclic) bond motifs is 2. The molecule has 0 aliphatic heterocycles. The molecule has 5 heteroatoms. The van der Waals surface area contributed by atoms with Crippen LogP contribution in [0.25, 0.3) is 21.7 Å². The number of para-hydroxylation sites is 1. The zero-order valence-corrected chi connectivity index (χ0v) is 16.1. The topological polar surface area (TPSA) is 71.3 Å². The van der Waals surface area contributed by atoms with Crippen LogP contribution in [-0.2, 0) is 16.0 Å². The standard InChI is InChI=1S/C24H22N2O3/c1-16(22-13-19-8-3-5-12-21(19)29-22)26-24(28)15-25-23(27)14-18-10-6-9-17-7-2-4-11-20(17)18/h2-13,16H,14-15H2,1H3,(H,25,27)(H,26,28). The zero-order chi connectivity index (χ0) is 20.2. The van der Waals surface area contributed by atoms with Crippen LogP contribution in [0.4, 0.5) is 0 Å². The highest BCUT2D eigenvalue weighted by atomic mass is 16.3. The van der Waals surface area contributed by atoms with Crippen LogP contribution in [0, 0.1) is 0 Å². The van der Waals surface area contributed by atoms with Crippen molar-refractivity contribution in [2.45, 2.75) is 19.4 Å². The molecule has 29 heavy (non-hydrogen) atoms. The maximum Gasteiger partial charge on any atom is 0.239 e. The zero-order valence-electron chi connectivity index (χ0n) is 16.1. The first-order valence-corrected chi connectivity index (χ1v) is 9.61. The molecule has 0 aliphatic rings. The molecule has 1 unspecified atom stereocenters. The van der Waals surface area contributed by atoms with E-state index in [-0.39, 0.29) is 30.8 Å². The highest BCUT2D eigenvalue weighted by Crippen LogP contribution is 2.23. The molecule has 0 spiro atoms. The van der Waals surface area contributed by atoms with Gasteiger partial charge in [0.15, 0.2) is 0 Å². The number of benzene rings is 3. The third-order valence-corrected chi connectivity index (χ3v) is 4.93. The predicted molar refractivity (Wildman–Crippen MR) is 113 cm³/mol. The Morgan fingerprint density at radius 2 is 1.62 bits per heavy atom. The number of carbonyl (C=O) groups is 2. The van der Waals surface area contributed by atoms with E-state index < -0.39 is 0 Å². The van der Waals surface area contributed by atoms with Crippen LogP contribution in [0.15, 0.2) is 77.2 Å². The summed E-state index contributed by atoms with van der Waals surface area (Å²) in [5, 5.41) is 8.69. The van der Waals surface area contributed by atoms with E-state index in [1.807, 2.05) is 79.7 Å². The van der Waals surface area contributed by atoms with E-state index in [1.54, 1.807) is 0 Å². The number of carbonyl (C=O) groups excluding carboxylic acids is 2. The van der Waals surface area contributed by atoms with Crippen LogP contribution < -0.4 is 10.6 Å². The van der Waals surface area contributed by atoms with E-state index in [9.17, 15) is 9.59 Å². The molecule has 1 aromatic heterocycles. The summed E-state index contributed by atoms with van der Waals surface area (Å²) in [6.45, 7) is 1.78. The van der Waals surface area contributed by atoms with Crippen LogP contribution in [0.2, 0.25) is 0 Å². The molecule has 1 atom stereocenters. The molecule has 0 saturated carbocycles. The third-order valence-electron chi connectivity index (χ3n) is 4.93. The highest BCUT2D eigenvalue weighted by molar-refractivity contribution is 5.91. The van der Waals surface area contributed by atoms with Crippen molar-refractivity contribution in [2.24, 2.45) is 0 Å². The van der Waals surface area contributed by atoms with Gasteiger partial charge in [-0.2, -0.15) is 0 Å². The molecule has 146 valence electrons. The minimum absolute atomic E-state index is 0.0752. The largest absolute Gasteiger partial charge is 0.459 e. The minimum atomic E-state index is -0.287. The van der Waals surface area contributed by atoms with Crippen molar-refractivity contribution in [3.05, 3.63) is 84.1 Å². The first kappa shape index (κ1) is 18.7. The number of furan rings is 1. The van der Waals surface area contributed by atoms with Gasteiger partial charge >= 0.3 is 0 Å². The molecule has 0 saturated heterocycles. The van der Waals surface area contributed by atoms with Gasteiger partial charge in [-0.3, -0.25) is 9.59 Å². The van der Waals surface area contributed by atoms with Gasteiger partial charge in [0.25, 0.3) is 0 Å². The van der Waals surface area contributed by atoms with E-state index in [1.165, 1.54) is 0 Å². The van der Waals surface area contributed by atoms with E-state index in [0.717, 1.165) is 27.3 Å². The van der Waals surface area contributed by atoms with E-state index in [2.05, 4.69) is 10.6 Å². The van der Waals surface area contributed by atoms with E-state index >= 15 is 0 Å². The van der Waals surface area contributed by atoms with Crippen molar-refractivity contribution >= 4 is 33.6 Å². The van der Waals surface area contributed by atoms with E-state index in [0.29, 0.717) is 5.76 Å². The van der Waals surface area contributed by atoms with Gasteiger partial charge in [0, 0.05) is 5.39 Å². The fourth-order valence-electron chi connectivity index (χ4n) is 3.44. The number of nitrogens with one attached hydrogen (secondary N) is 2. The summed E-state index contributed by atoms with van der Waals surface area (Å²) < 4.78 is 5.77. The van der Waals surface area contributed by atoms with Gasteiger partial charge in [-0.1, -0.05) is 60.7 Å². The lowest BCUT2D eigenvalue weighted by Gasteiger charge is -2.12. The molecule has 5 nitrogen and oxygen atoms in total. The normalized spacial score (nSPS) is 12.0. The van der Waals surface area contributed by atoms with Crippen LogP contribution >= 0.6 is 0 Å². The molecule has 3 aromatic carbocycles. The smallest absolute Gasteiger partial charge is 0.239 e. The third kappa shape index (κ3) is 4.29. The Labute approximate surface area is 168 Å². The lowest BCUT2D eigenvalue weighted by atomic mass is 10.0. The molecule has 2 N–H and O–H groups in total. The number of hydrogen-bond donors (Lipinski definition) is 2. The maximum atomic E-state index is 12.3.